The van der Waals surface area contributed by atoms with Gasteiger partial charge in [0.15, 0.2) is 0 Å². The predicted molar refractivity (Wildman–Crippen MR) is 83.4 cm³/mol. The average molecular weight is 274 g/mol. The van der Waals surface area contributed by atoms with Gasteiger partial charge in [0.1, 0.15) is 5.01 Å². The zero-order valence-electron chi connectivity index (χ0n) is 12.3. The zero-order chi connectivity index (χ0) is 14.2. The maximum absolute atomic E-state index is 6.27. The zero-order valence-corrected chi connectivity index (χ0v) is 13.1. The summed E-state index contributed by atoms with van der Waals surface area (Å²) in [5.41, 5.74) is 11.1. The van der Waals surface area contributed by atoms with Gasteiger partial charge in [0, 0.05) is 10.9 Å². The summed E-state index contributed by atoms with van der Waals surface area (Å²) in [6.45, 7) is 10.7. The monoisotopic (exact) mass is 274 g/mol. The highest BCUT2D eigenvalue weighted by Crippen LogP contribution is 2.34. The molecule has 0 spiro atoms. The van der Waals surface area contributed by atoms with Crippen LogP contribution in [0.3, 0.4) is 0 Å². The van der Waals surface area contributed by atoms with E-state index in [4.69, 9.17) is 10.7 Å². The van der Waals surface area contributed by atoms with Crippen LogP contribution in [-0.2, 0) is 0 Å². The first-order chi connectivity index (χ1) is 8.77. The highest BCUT2D eigenvalue weighted by Gasteiger charge is 2.25. The Kier molecular flexibility index (Phi) is 3.79. The highest BCUT2D eigenvalue weighted by atomic mass is 32.1. The van der Waals surface area contributed by atoms with Crippen molar-refractivity contribution in [3.05, 3.63) is 39.7 Å². The van der Waals surface area contributed by atoms with Crippen molar-refractivity contribution in [1.29, 1.82) is 0 Å². The first kappa shape index (κ1) is 14.2. The molecule has 0 saturated carbocycles. The van der Waals surface area contributed by atoms with E-state index in [0.717, 1.165) is 10.7 Å². The molecule has 3 heteroatoms. The van der Waals surface area contributed by atoms with Crippen LogP contribution in [0.5, 0.6) is 0 Å². The molecular weight excluding hydrogens is 252 g/mol. The Morgan fingerprint density at radius 3 is 2.21 bits per heavy atom. The Balaban J connectivity index is 2.36. The van der Waals surface area contributed by atoms with Gasteiger partial charge in [-0.05, 0) is 31.4 Å². The Bertz CT molecular complexity index is 558. The molecule has 2 rings (SSSR count). The highest BCUT2D eigenvalue weighted by molar-refractivity contribution is 7.10. The van der Waals surface area contributed by atoms with Crippen molar-refractivity contribution in [2.24, 2.45) is 11.1 Å². The third kappa shape index (κ3) is 3.23. The van der Waals surface area contributed by atoms with Crippen LogP contribution >= 0.6 is 11.3 Å². The summed E-state index contributed by atoms with van der Waals surface area (Å²) < 4.78 is 0. The van der Waals surface area contributed by atoms with Crippen LogP contribution < -0.4 is 5.73 Å². The minimum Gasteiger partial charge on any atom is -0.322 e. The number of nitrogens with two attached hydrogens (primary N) is 1. The number of hydrogen-bond acceptors (Lipinski definition) is 3. The lowest BCUT2D eigenvalue weighted by Crippen LogP contribution is -2.26. The molecule has 1 unspecified atom stereocenters. The van der Waals surface area contributed by atoms with Crippen molar-refractivity contribution in [2.45, 2.75) is 40.7 Å². The van der Waals surface area contributed by atoms with Crippen LogP contribution in [0.25, 0.3) is 11.3 Å². The fourth-order valence-corrected chi connectivity index (χ4v) is 3.13. The third-order valence-corrected chi connectivity index (χ3v) is 4.17. The molecule has 0 aliphatic rings. The first-order valence-corrected chi connectivity index (χ1v) is 7.45. The SMILES string of the molecule is Cc1cc(C)cc(-c2csc(C(N)C(C)(C)C)n2)c1. The number of hydrogen-bond donors (Lipinski definition) is 1. The summed E-state index contributed by atoms with van der Waals surface area (Å²) in [6.07, 6.45) is 0. The summed E-state index contributed by atoms with van der Waals surface area (Å²) in [5, 5.41) is 3.12. The van der Waals surface area contributed by atoms with Crippen LogP contribution in [-0.4, -0.2) is 4.98 Å². The van der Waals surface area contributed by atoms with Crippen LogP contribution in [0.4, 0.5) is 0 Å². The smallest absolute Gasteiger partial charge is 0.111 e. The van der Waals surface area contributed by atoms with Crippen molar-refractivity contribution < 1.29 is 0 Å². The molecule has 2 nitrogen and oxygen atoms in total. The van der Waals surface area contributed by atoms with Gasteiger partial charge in [-0.15, -0.1) is 11.3 Å². The Morgan fingerprint density at radius 2 is 1.68 bits per heavy atom. The van der Waals surface area contributed by atoms with Crippen LogP contribution in [0.2, 0.25) is 0 Å². The molecule has 2 N–H and O–H groups in total. The Hall–Kier alpha value is -1.19. The number of aromatic nitrogens is 1. The fraction of sp³-hybridized carbons (Fsp3) is 0.438. The molecule has 0 aliphatic heterocycles. The Morgan fingerprint density at radius 1 is 1.11 bits per heavy atom. The van der Waals surface area contributed by atoms with Crippen molar-refractivity contribution in [3.63, 3.8) is 0 Å². The molecule has 0 saturated heterocycles. The van der Waals surface area contributed by atoms with Gasteiger partial charge in [0.05, 0.1) is 11.7 Å². The van der Waals surface area contributed by atoms with E-state index in [2.05, 4.69) is 58.2 Å². The molecule has 0 bridgehead atoms. The van der Waals surface area contributed by atoms with E-state index < -0.39 is 0 Å². The topological polar surface area (TPSA) is 38.9 Å². The van der Waals surface area contributed by atoms with Crippen molar-refractivity contribution in [1.82, 2.24) is 4.98 Å². The molecule has 2 aromatic rings. The van der Waals surface area contributed by atoms with Crippen LogP contribution in [0, 0.1) is 19.3 Å². The van der Waals surface area contributed by atoms with E-state index in [1.165, 1.54) is 16.7 Å². The Labute approximate surface area is 119 Å². The molecular formula is C16H22N2S. The van der Waals surface area contributed by atoms with Crippen LogP contribution in [0.1, 0.15) is 42.9 Å². The molecule has 1 aromatic carbocycles. The van der Waals surface area contributed by atoms with E-state index >= 15 is 0 Å². The summed E-state index contributed by atoms with van der Waals surface area (Å²) >= 11 is 1.65. The summed E-state index contributed by atoms with van der Waals surface area (Å²) in [4.78, 5) is 4.72. The second kappa shape index (κ2) is 5.06. The fourth-order valence-electron chi connectivity index (χ4n) is 2.06. The van der Waals surface area contributed by atoms with Gasteiger partial charge in [0.25, 0.3) is 0 Å². The standard InChI is InChI=1S/C16H22N2S/c1-10-6-11(2)8-12(7-10)13-9-19-15(18-13)14(17)16(3,4)5/h6-9,14H,17H2,1-5H3. The van der Waals surface area contributed by atoms with Crippen molar-refractivity contribution >= 4 is 11.3 Å². The second-order valence-electron chi connectivity index (χ2n) is 6.29. The number of aryl methyl sites for hydroxylation is 2. The van der Waals surface area contributed by atoms with Crippen molar-refractivity contribution in [3.8, 4) is 11.3 Å². The molecule has 0 radical (unpaired) electrons. The normalized spacial score (nSPS) is 13.6. The van der Waals surface area contributed by atoms with Gasteiger partial charge in [-0.1, -0.05) is 38.0 Å². The quantitative estimate of drug-likeness (QED) is 0.877. The molecule has 1 aromatic heterocycles. The summed E-state index contributed by atoms with van der Waals surface area (Å²) in [5.74, 6) is 0. The van der Waals surface area contributed by atoms with E-state index in [1.807, 2.05) is 0 Å². The third-order valence-electron chi connectivity index (χ3n) is 3.24. The largest absolute Gasteiger partial charge is 0.322 e. The maximum Gasteiger partial charge on any atom is 0.111 e. The summed E-state index contributed by atoms with van der Waals surface area (Å²) in [6, 6.07) is 6.51. The number of nitrogens with zero attached hydrogens (tertiary/aromatic N) is 1. The number of benzene rings is 1. The predicted octanol–water partition coefficient (Wildman–Crippen LogP) is 4.47. The number of rotatable bonds is 2. The lowest BCUT2D eigenvalue weighted by Gasteiger charge is -2.24. The van der Waals surface area contributed by atoms with E-state index in [9.17, 15) is 0 Å². The molecule has 0 aliphatic carbocycles. The van der Waals surface area contributed by atoms with E-state index in [0.29, 0.717) is 0 Å². The summed E-state index contributed by atoms with van der Waals surface area (Å²) in [7, 11) is 0. The average Bonchev–Trinajstić information content (AvgIpc) is 2.74. The number of thiazole rings is 1. The molecule has 0 fully saturated rings. The van der Waals surface area contributed by atoms with Gasteiger partial charge in [-0.2, -0.15) is 0 Å². The van der Waals surface area contributed by atoms with Gasteiger partial charge in [0.2, 0.25) is 0 Å². The van der Waals surface area contributed by atoms with Crippen LogP contribution in [0.15, 0.2) is 23.6 Å². The van der Waals surface area contributed by atoms with E-state index in [1.54, 1.807) is 11.3 Å². The molecule has 0 amide bonds. The lowest BCUT2D eigenvalue weighted by atomic mass is 9.88. The lowest BCUT2D eigenvalue weighted by molar-refractivity contribution is 0.326. The molecule has 102 valence electrons. The van der Waals surface area contributed by atoms with Gasteiger partial charge < -0.3 is 5.73 Å². The molecule has 1 atom stereocenters. The van der Waals surface area contributed by atoms with Crippen molar-refractivity contribution in [2.75, 3.05) is 0 Å². The first-order valence-electron chi connectivity index (χ1n) is 6.57. The van der Waals surface area contributed by atoms with E-state index in [-0.39, 0.29) is 11.5 Å². The minimum absolute atomic E-state index is 0.0165. The van der Waals surface area contributed by atoms with Gasteiger partial charge in [-0.3, -0.25) is 0 Å². The molecule has 1 heterocycles. The molecule has 19 heavy (non-hydrogen) atoms. The van der Waals surface area contributed by atoms with Gasteiger partial charge >= 0.3 is 0 Å². The van der Waals surface area contributed by atoms with Gasteiger partial charge in [-0.25, -0.2) is 4.98 Å². The maximum atomic E-state index is 6.27. The second-order valence-corrected chi connectivity index (χ2v) is 7.18. The minimum atomic E-state index is -0.0165.